The molecule has 0 amide bonds. The highest BCUT2D eigenvalue weighted by atomic mass is 16.5. The molecule has 0 aliphatic heterocycles. The Morgan fingerprint density at radius 1 is 1.10 bits per heavy atom. The van der Waals surface area contributed by atoms with E-state index in [1.807, 2.05) is 84.4 Å². The Balaban J connectivity index is 2.10. The molecule has 9 heteroatoms. The van der Waals surface area contributed by atoms with Gasteiger partial charge in [0, 0.05) is 43.5 Å². The van der Waals surface area contributed by atoms with E-state index in [1.165, 1.54) is 7.11 Å². The molecule has 0 aliphatic rings. The van der Waals surface area contributed by atoms with Gasteiger partial charge in [0.15, 0.2) is 0 Å². The first-order chi connectivity index (χ1) is 19.1. The molecular formula is C31H42N6O3. The number of carbonyl (C=O) groups is 1. The maximum absolute atomic E-state index is 13.1. The van der Waals surface area contributed by atoms with Crippen LogP contribution in [0, 0.1) is 12.8 Å². The highest BCUT2D eigenvalue weighted by molar-refractivity contribution is 6.02. The molecule has 0 bridgehead atoms. The molecule has 0 radical (unpaired) electrons. The predicted octanol–water partition coefficient (Wildman–Crippen LogP) is 5.14. The normalized spacial score (nSPS) is 12.5. The second kappa shape index (κ2) is 13.8. The zero-order valence-electron chi connectivity index (χ0n) is 24.9. The number of nitrogens with one attached hydrogen (secondary N) is 1. The summed E-state index contributed by atoms with van der Waals surface area (Å²) in [4.78, 5) is 26.6. The molecule has 1 aromatic heterocycles. The lowest BCUT2D eigenvalue weighted by Gasteiger charge is -2.24. The van der Waals surface area contributed by atoms with E-state index in [0.29, 0.717) is 34.3 Å². The van der Waals surface area contributed by atoms with E-state index in [1.54, 1.807) is 13.3 Å². The summed E-state index contributed by atoms with van der Waals surface area (Å²) in [5.74, 6) is 0.539. The summed E-state index contributed by atoms with van der Waals surface area (Å²) in [6.45, 7) is 7.79. The van der Waals surface area contributed by atoms with Crippen molar-refractivity contribution >= 4 is 34.6 Å². The topological polar surface area (TPSA) is 106 Å². The number of ether oxygens (including phenoxy) is 2. The van der Waals surface area contributed by atoms with Crippen molar-refractivity contribution < 1.29 is 14.3 Å². The monoisotopic (exact) mass is 546 g/mol. The van der Waals surface area contributed by atoms with Crippen LogP contribution in [-0.2, 0) is 9.53 Å². The number of benzene rings is 2. The van der Waals surface area contributed by atoms with Crippen molar-refractivity contribution in [1.29, 1.82) is 0 Å². The fourth-order valence-electron chi connectivity index (χ4n) is 4.47. The van der Waals surface area contributed by atoms with Gasteiger partial charge in [-0.3, -0.25) is 0 Å². The second-order valence-electron chi connectivity index (χ2n) is 10.1. The fraction of sp³-hybridized carbons (Fsp3) is 0.387. The molecule has 0 spiro atoms. The van der Waals surface area contributed by atoms with E-state index in [4.69, 9.17) is 20.2 Å². The minimum absolute atomic E-state index is 0.0506. The zero-order chi connectivity index (χ0) is 29.4. The van der Waals surface area contributed by atoms with E-state index in [9.17, 15) is 4.79 Å². The van der Waals surface area contributed by atoms with Crippen LogP contribution in [0.3, 0.4) is 0 Å². The molecule has 3 rings (SSSR count). The number of hydrogen-bond acceptors (Lipinski definition) is 9. The van der Waals surface area contributed by atoms with Crippen LogP contribution >= 0.6 is 0 Å². The van der Waals surface area contributed by atoms with E-state index >= 15 is 0 Å². The molecule has 214 valence electrons. The Morgan fingerprint density at radius 2 is 1.82 bits per heavy atom. The van der Waals surface area contributed by atoms with E-state index in [2.05, 4.69) is 20.1 Å². The summed E-state index contributed by atoms with van der Waals surface area (Å²) in [6, 6.07) is 13.5. The van der Waals surface area contributed by atoms with Crippen molar-refractivity contribution in [2.45, 2.75) is 27.2 Å². The maximum atomic E-state index is 13.1. The Morgan fingerprint density at radius 3 is 2.45 bits per heavy atom. The first-order valence-corrected chi connectivity index (χ1v) is 13.4. The van der Waals surface area contributed by atoms with Crippen LogP contribution in [0.2, 0.25) is 0 Å². The van der Waals surface area contributed by atoms with Gasteiger partial charge in [-0.15, -0.1) is 0 Å². The van der Waals surface area contributed by atoms with Gasteiger partial charge >= 0.3 is 5.97 Å². The van der Waals surface area contributed by atoms with E-state index in [0.717, 1.165) is 41.9 Å². The van der Waals surface area contributed by atoms with Crippen molar-refractivity contribution in [2.24, 2.45) is 5.92 Å². The third kappa shape index (κ3) is 7.09. The minimum atomic E-state index is -0.371. The van der Waals surface area contributed by atoms with Crippen LogP contribution in [0.25, 0.3) is 5.57 Å². The summed E-state index contributed by atoms with van der Waals surface area (Å²) in [5.41, 5.74) is 12.4. The number of nitrogen functional groups attached to an aromatic ring is 1. The van der Waals surface area contributed by atoms with Gasteiger partial charge in [0.1, 0.15) is 5.75 Å². The first-order valence-electron chi connectivity index (χ1n) is 13.4. The summed E-state index contributed by atoms with van der Waals surface area (Å²) >= 11 is 0. The van der Waals surface area contributed by atoms with Crippen LogP contribution in [-0.4, -0.2) is 69.3 Å². The number of methoxy groups -OCH3 is 2. The highest BCUT2D eigenvalue weighted by Gasteiger charge is 2.25. The van der Waals surface area contributed by atoms with Gasteiger partial charge in [-0.2, -0.15) is 0 Å². The Hall–Kier alpha value is -4.11. The average molecular weight is 547 g/mol. The standard InChI is InChI=1S/C31H42N6O3/c1-9-20(2)28(30(38)40-8)29(22-13-11-10-12-21(22)3)24-14-15-33-31(34-24)35-25-18-23(32)26(19-27(25)39-7)37(6)17-16-36(4)5/h10-15,18-20H,9,16-17,32H2,1-8H3,(H,33,34,35)/b29-28-. The molecule has 0 saturated heterocycles. The number of esters is 1. The van der Waals surface area contributed by atoms with Crippen molar-refractivity contribution in [1.82, 2.24) is 14.9 Å². The van der Waals surface area contributed by atoms with Crippen LogP contribution in [0.1, 0.15) is 37.1 Å². The van der Waals surface area contributed by atoms with Gasteiger partial charge in [-0.1, -0.05) is 38.1 Å². The molecule has 0 aliphatic carbocycles. The van der Waals surface area contributed by atoms with Gasteiger partial charge in [0.2, 0.25) is 5.95 Å². The molecule has 0 fully saturated rings. The summed E-state index contributed by atoms with van der Waals surface area (Å²) in [6.07, 6.45) is 2.44. The van der Waals surface area contributed by atoms with E-state index < -0.39 is 0 Å². The SMILES string of the molecule is CCC(C)/C(C(=O)OC)=C(/c1ccnc(Nc2cc(N)c(N(C)CCN(C)C)cc2OC)n1)c1ccccc1C. The molecular weight excluding hydrogens is 504 g/mol. The number of nitrogens with two attached hydrogens (primary N) is 1. The van der Waals surface area contributed by atoms with Gasteiger partial charge < -0.3 is 30.3 Å². The predicted molar refractivity (Wildman–Crippen MR) is 163 cm³/mol. The number of aryl methyl sites for hydroxylation is 1. The summed E-state index contributed by atoms with van der Waals surface area (Å²) in [7, 11) is 9.10. The molecule has 3 aromatic rings. The number of rotatable bonds is 12. The molecule has 1 heterocycles. The molecule has 3 N–H and O–H groups in total. The van der Waals surface area contributed by atoms with Crippen molar-refractivity contribution in [3.8, 4) is 5.75 Å². The summed E-state index contributed by atoms with van der Waals surface area (Å²) in [5, 5.41) is 3.27. The summed E-state index contributed by atoms with van der Waals surface area (Å²) < 4.78 is 10.9. The largest absolute Gasteiger partial charge is 0.494 e. The zero-order valence-corrected chi connectivity index (χ0v) is 24.9. The lowest BCUT2D eigenvalue weighted by Crippen LogP contribution is -2.29. The van der Waals surface area contributed by atoms with Crippen molar-refractivity contribution in [3.05, 3.63) is 71.1 Å². The van der Waals surface area contributed by atoms with Gasteiger partial charge in [0.25, 0.3) is 0 Å². The lowest BCUT2D eigenvalue weighted by atomic mass is 9.86. The maximum Gasteiger partial charge on any atom is 0.334 e. The number of hydrogen-bond donors (Lipinski definition) is 2. The Kier molecular flexibility index (Phi) is 10.5. The van der Waals surface area contributed by atoms with Gasteiger partial charge in [-0.25, -0.2) is 14.8 Å². The molecule has 1 atom stereocenters. The molecule has 1 unspecified atom stereocenters. The third-order valence-electron chi connectivity index (χ3n) is 7.00. The lowest BCUT2D eigenvalue weighted by molar-refractivity contribution is -0.136. The van der Waals surface area contributed by atoms with Gasteiger partial charge in [-0.05, 0) is 56.6 Å². The van der Waals surface area contributed by atoms with Gasteiger partial charge in [0.05, 0.1) is 37.0 Å². The molecule has 2 aromatic carbocycles. The molecule has 9 nitrogen and oxygen atoms in total. The number of nitrogens with zero attached hydrogens (tertiary/aromatic N) is 4. The van der Waals surface area contributed by atoms with Crippen molar-refractivity contribution in [2.75, 3.05) is 64.4 Å². The van der Waals surface area contributed by atoms with Crippen LogP contribution in [0.4, 0.5) is 23.0 Å². The number of aromatic nitrogens is 2. The number of carbonyl (C=O) groups excluding carboxylic acids is 1. The smallest absolute Gasteiger partial charge is 0.334 e. The fourth-order valence-corrected chi connectivity index (χ4v) is 4.47. The minimum Gasteiger partial charge on any atom is -0.494 e. The van der Waals surface area contributed by atoms with E-state index in [-0.39, 0.29) is 11.9 Å². The number of likely N-dealkylation sites (N-methyl/N-ethyl adjacent to an activating group) is 2. The van der Waals surface area contributed by atoms with Crippen molar-refractivity contribution in [3.63, 3.8) is 0 Å². The first kappa shape index (κ1) is 30.4. The highest BCUT2D eigenvalue weighted by Crippen LogP contribution is 2.37. The van der Waals surface area contributed by atoms with Crippen LogP contribution in [0.15, 0.2) is 54.2 Å². The Bertz CT molecular complexity index is 1350. The van der Waals surface area contributed by atoms with Crippen LogP contribution in [0.5, 0.6) is 5.75 Å². The number of anilines is 4. The quantitative estimate of drug-likeness (QED) is 0.181. The third-order valence-corrected chi connectivity index (χ3v) is 7.00. The average Bonchev–Trinajstić information content (AvgIpc) is 2.94. The molecule has 0 saturated carbocycles. The molecule has 40 heavy (non-hydrogen) atoms. The second-order valence-corrected chi connectivity index (χ2v) is 10.1. The Labute approximate surface area is 238 Å². The van der Waals surface area contributed by atoms with Crippen LogP contribution < -0.4 is 20.7 Å².